The van der Waals surface area contributed by atoms with E-state index in [1.54, 1.807) is 18.3 Å². The van der Waals surface area contributed by atoms with Gasteiger partial charge in [0.2, 0.25) is 0 Å². The van der Waals surface area contributed by atoms with Crippen LogP contribution in [-0.4, -0.2) is 47.1 Å². The number of likely N-dealkylation sites (tertiary alicyclic amines) is 1. The van der Waals surface area contributed by atoms with Gasteiger partial charge in [-0.25, -0.2) is 9.78 Å². The number of pyridine rings is 1. The van der Waals surface area contributed by atoms with E-state index < -0.39 is 5.97 Å². The zero-order valence-electron chi connectivity index (χ0n) is 16.9. The van der Waals surface area contributed by atoms with Gasteiger partial charge in [0.25, 0.3) is 0 Å². The van der Waals surface area contributed by atoms with E-state index in [1.165, 1.54) is 5.56 Å². The molecule has 1 saturated heterocycles. The third-order valence-electron chi connectivity index (χ3n) is 5.45. The summed E-state index contributed by atoms with van der Waals surface area (Å²) in [5, 5.41) is 9.43. The van der Waals surface area contributed by atoms with Gasteiger partial charge < -0.3 is 14.7 Å². The molecule has 1 aliphatic rings. The lowest BCUT2D eigenvalue weighted by atomic mass is 10.2. The Hall–Kier alpha value is -3.38. The van der Waals surface area contributed by atoms with E-state index in [4.69, 9.17) is 4.74 Å². The van der Waals surface area contributed by atoms with Crippen LogP contribution in [0.3, 0.4) is 0 Å². The van der Waals surface area contributed by atoms with Crippen molar-refractivity contribution in [2.75, 3.05) is 25.0 Å². The van der Waals surface area contributed by atoms with Crippen LogP contribution in [0.2, 0.25) is 0 Å². The second-order valence-electron chi connectivity index (χ2n) is 7.53. The predicted octanol–water partition coefficient (Wildman–Crippen LogP) is 4.28. The van der Waals surface area contributed by atoms with Crippen LogP contribution in [0.4, 0.5) is 5.82 Å². The summed E-state index contributed by atoms with van der Waals surface area (Å²) in [6.45, 7) is 2.69. The fraction of sp³-hybridized carbons (Fsp3) is 0.250. The summed E-state index contributed by atoms with van der Waals surface area (Å²) in [5.41, 5.74) is 1.47. The lowest BCUT2D eigenvalue weighted by Crippen LogP contribution is -2.36. The Morgan fingerprint density at radius 3 is 2.57 bits per heavy atom. The molecule has 1 fully saturated rings. The van der Waals surface area contributed by atoms with Crippen LogP contribution in [-0.2, 0) is 6.54 Å². The van der Waals surface area contributed by atoms with E-state index in [0.717, 1.165) is 37.6 Å². The molecule has 0 amide bonds. The van der Waals surface area contributed by atoms with Gasteiger partial charge in [0.15, 0.2) is 0 Å². The van der Waals surface area contributed by atoms with Gasteiger partial charge in [0, 0.05) is 38.9 Å². The van der Waals surface area contributed by atoms with Crippen LogP contribution in [0.1, 0.15) is 22.3 Å². The number of nitrogens with zero attached hydrogens (tertiary/aromatic N) is 3. The number of benzene rings is 2. The van der Waals surface area contributed by atoms with Crippen LogP contribution in [0.5, 0.6) is 11.5 Å². The minimum absolute atomic E-state index is 0.235. The van der Waals surface area contributed by atoms with E-state index in [9.17, 15) is 9.90 Å². The quantitative estimate of drug-likeness (QED) is 0.635. The molecule has 2 aromatic carbocycles. The lowest BCUT2D eigenvalue weighted by molar-refractivity contribution is 0.0697. The Morgan fingerprint density at radius 1 is 1.10 bits per heavy atom. The molecule has 1 atom stereocenters. The Morgan fingerprint density at radius 2 is 1.83 bits per heavy atom. The number of carbonyl (C=O) groups is 1. The van der Waals surface area contributed by atoms with Gasteiger partial charge in [0.1, 0.15) is 22.9 Å². The van der Waals surface area contributed by atoms with Crippen LogP contribution in [0.25, 0.3) is 0 Å². The molecule has 4 rings (SSSR count). The standard InChI is InChI=1S/C24H25N3O3/c1-26(23-22(24(28)29)8-5-14-25-23)19-13-15-27(17-19)16-18-9-11-21(12-10-18)30-20-6-3-2-4-7-20/h2-12,14,19H,13,15-17H2,1H3,(H,28,29)/t19-/m1/s1. The Bertz CT molecular complexity index is 992. The highest BCUT2D eigenvalue weighted by molar-refractivity contribution is 5.93. The molecule has 1 N–H and O–H groups in total. The summed E-state index contributed by atoms with van der Waals surface area (Å²) in [7, 11) is 1.93. The first-order valence-electron chi connectivity index (χ1n) is 10.1. The third-order valence-corrected chi connectivity index (χ3v) is 5.45. The van der Waals surface area contributed by atoms with E-state index in [0.29, 0.717) is 5.82 Å². The molecule has 2 heterocycles. The predicted molar refractivity (Wildman–Crippen MR) is 116 cm³/mol. The van der Waals surface area contributed by atoms with Crippen molar-refractivity contribution in [3.63, 3.8) is 0 Å². The number of para-hydroxylation sites is 1. The molecule has 0 spiro atoms. The molecule has 0 saturated carbocycles. The van der Waals surface area contributed by atoms with Crippen molar-refractivity contribution in [3.05, 3.63) is 84.1 Å². The first-order chi connectivity index (χ1) is 14.6. The molecular weight excluding hydrogens is 378 g/mol. The number of rotatable bonds is 7. The van der Waals surface area contributed by atoms with Crippen molar-refractivity contribution in [1.82, 2.24) is 9.88 Å². The number of carboxylic acid groups (broad SMARTS) is 1. The van der Waals surface area contributed by atoms with Gasteiger partial charge >= 0.3 is 5.97 Å². The van der Waals surface area contributed by atoms with Crippen LogP contribution >= 0.6 is 0 Å². The van der Waals surface area contributed by atoms with Crippen molar-refractivity contribution in [2.24, 2.45) is 0 Å². The number of hydrogen-bond acceptors (Lipinski definition) is 5. The number of likely N-dealkylation sites (N-methyl/N-ethyl adjacent to an activating group) is 1. The fourth-order valence-corrected chi connectivity index (χ4v) is 3.84. The Kier molecular flexibility index (Phi) is 5.95. The van der Waals surface area contributed by atoms with E-state index >= 15 is 0 Å². The smallest absolute Gasteiger partial charge is 0.339 e. The Labute approximate surface area is 176 Å². The molecule has 154 valence electrons. The summed E-state index contributed by atoms with van der Waals surface area (Å²) in [6.07, 6.45) is 2.62. The molecule has 1 aromatic heterocycles. The number of aromatic carboxylic acids is 1. The van der Waals surface area contributed by atoms with Crippen molar-refractivity contribution < 1.29 is 14.6 Å². The topological polar surface area (TPSA) is 65.9 Å². The molecule has 1 aliphatic heterocycles. The van der Waals surface area contributed by atoms with Gasteiger partial charge in [-0.05, 0) is 48.4 Å². The lowest BCUT2D eigenvalue weighted by Gasteiger charge is -2.27. The van der Waals surface area contributed by atoms with Crippen molar-refractivity contribution in [3.8, 4) is 11.5 Å². The number of ether oxygens (including phenoxy) is 1. The van der Waals surface area contributed by atoms with Crippen molar-refractivity contribution in [2.45, 2.75) is 19.0 Å². The highest BCUT2D eigenvalue weighted by Crippen LogP contribution is 2.25. The maximum Gasteiger partial charge on any atom is 0.339 e. The number of hydrogen-bond donors (Lipinski definition) is 1. The van der Waals surface area contributed by atoms with E-state index in [1.807, 2.05) is 54.4 Å². The number of carboxylic acids is 1. The van der Waals surface area contributed by atoms with Gasteiger partial charge in [0.05, 0.1) is 0 Å². The highest BCUT2D eigenvalue weighted by atomic mass is 16.5. The SMILES string of the molecule is CN(c1ncccc1C(=O)O)[C@@H]1CCN(Cc2ccc(Oc3ccccc3)cc2)C1. The molecule has 6 nitrogen and oxygen atoms in total. The van der Waals surface area contributed by atoms with Crippen molar-refractivity contribution in [1.29, 1.82) is 0 Å². The zero-order valence-corrected chi connectivity index (χ0v) is 16.9. The maximum atomic E-state index is 11.5. The summed E-state index contributed by atoms with van der Waals surface area (Å²) in [4.78, 5) is 20.2. The largest absolute Gasteiger partial charge is 0.478 e. The highest BCUT2D eigenvalue weighted by Gasteiger charge is 2.28. The maximum absolute atomic E-state index is 11.5. The molecule has 3 aromatic rings. The fourth-order valence-electron chi connectivity index (χ4n) is 3.84. The summed E-state index contributed by atoms with van der Waals surface area (Å²) >= 11 is 0. The van der Waals surface area contributed by atoms with E-state index in [-0.39, 0.29) is 11.6 Å². The summed E-state index contributed by atoms with van der Waals surface area (Å²) in [5.74, 6) is 1.23. The van der Waals surface area contributed by atoms with Gasteiger partial charge in [-0.2, -0.15) is 0 Å². The number of aromatic nitrogens is 1. The minimum Gasteiger partial charge on any atom is -0.478 e. The average Bonchev–Trinajstić information content (AvgIpc) is 3.24. The van der Waals surface area contributed by atoms with Gasteiger partial charge in [-0.15, -0.1) is 0 Å². The average molecular weight is 403 g/mol. The Balaban J connectivity index is 1.35. The second-order valence-corrected chi connectivity index (χ2v) is 7.53. The molecule has 0 radical (unpaired) electrons. The molecule has 30 heavy (non-hydrogen) atoms. The molecule has 0 aliphatic carbocycles. The zero-order chi connectivity index (χ0) is 20.9. The van der Waals surface area contributed by atoms with Crippen molar-refractivity contribution >= 4 is 11.8 Å². The molecule has 0 bridgehead atoms. The first kappa shape index (κ1) is 19.9. The summed E-state index contributed by atoms with van der Waals surface area (Å²) in [6, 6.07) is 21.4. The molecule has 6 heteroatoms. The van der Waals surface area contributed by atoms with Crippen LogP contribution in [0.15, 0.2) is 72.9 Å². The van der Waals surface area contributed by atoms with E-state index in [2.05, 4.69) is 22.0 Å². The van der Waals surface area contributed by atoms with Crippen LogP contribution < -0.4 is 9.64 Å². The second kappa shape index (κ2) is 8.97. The van der Waals surface area contributed by atoms with Gasteiger partial charge in [-0.1, -0.05) is 30.3 Å². The van der Waals surface area contributed by atoms with Gasteiger partial charge in [-0.3, -0.25) is 4.90 Å². The third kappa shape index (κ3) is 4.60. The molecular formula is C24H25N3O3. The normalized spacial score (nSPS) is 16.4. The molecule has 0 unspecified atom stereocenters. The number of anilines is 1. The minimum atomic E-state index is -0.947. The summed E-state index contributed by atoms with van der Waals surface area (Å²) < 4.78 is 5.86. The monoisotopic (exact) mass is 403 g/mol. The first-order valence-corrected chi connectivity index (χ1v) is 10.1. The van der Waals surface area contributed by atoms with Crippen LogP contribution in [0, 0.1) is 0 Å².